The zero-order valence-electron chi connectivity index (χ0n) is 12.3. The number of nitroso groups, excluding NO2 is 1. The van der Waals surface area contributed by atoms with Crippen molar-refractivity contribution in [2.75, 3.05) is 12.5 Å². The summed E-state index contributed by atoms with van der Waals surface area (Å²) in [5, 5.41) is 12.1. The largest absolute Gasteiger partial charge is 0.308 e. The number of hydrogen-bond acceptors (Lipinski definition) is 6. The van der Waals surface area contributed by atoms with E-state index in [0.29, 0.717) is 17.2 Å². The van der Waals surface area contributed by atoms with E-state index in [-0.39, 0.29) is 0 Å². The highest BCUT2D eigenvalue weighted by atomic mass is 16.5. The van der Waals surface area contributed by atoms with Gasteiger partial charge < -0.3 is 5.43 Å². The van der Waals surface area contributed by atoms with Gasteiger partial charge in [0.15, 0.2) is 0 Å². The third-order valence-electron chi connectivity index (χ3n) is 3.32. The number of nitrogens with one attached hydrogen (secondary N) is 2. The van der Waals surface area contributed by atoms with E-state index in [1.54, 1.807) is 31.3 Å². The lowest BCUT2D eigenvalue weighted by molar-refractivity contribution is 0.389. The molecule has 0 aliphatic heterocycles. The van der Waals surface area contributed by atoms with Gasteiger partial charge in [-0.1, -0.05) is 6.07 Å². The van der Waals surface area contributed by atoms with Crippen LogP contribution in [-0.4, -0.2) is 18.1 Å². The van der Waals surface area contributed by atoms with E-state index in [9.17, 15) is 10.1 Å². The number of amidine groups is 1. The van der Waals surface area contributed by atoms with Gasteiger partial charge in [0.05, 0.1) is 5.69 Å². The molecule has 114 valence electrons. The van der Waals surface area contributed by atoms with Crippen molar-refractivity contribution in [1.29, 1.82) is 0 Å². The van der Waals surface area contributed by atoms with Gasteiger partial charge in [0.2, 0.25) is 0 Å². The van der Waals surface area contributed by atoms with Gasteiger partial charge >= 0.3 is 0 Å². The monoisotopic (exact) mass is 299 g/mol. The minimum absolute atomic E-state index is 0.373. The molecule has 0 aromatic heterocycles. The van der Waals surface area contributed by atoms with E-state index in [4.69, 9.17) is 5.84 Å². The fraction of sp³-hybridized carbons (Fsp3) is 0.133. The van der Waals surface area contributed by atoms with Crippen LogP contribution in [0, 0.1) is 11.8 Å². The number of anilines is 1. The van der Waals surface area contributed by atoms with Crippen molar-refractivity contribution < 1.29 is 5.21 Å². The number of hydrazine groups is 1. The minimum atomic E-state index is 0.373. The van der Waals surface area contributed by atoms with Crippen molar-refractivity contribution in [2.45, 2.75) is 6.92 Å². The summed E-state index contributed by atoms with van der Waals surface area (Å²) in [5.74, 6) is 5.94. The Balaban J connectivity index is 2.60. The summed E-state index contributed by atoms with van der Waals surface area (Å²) in [7, 11) is 1.61. The highest BCUT2D eigenvalue weighted by molar-refractivity contribution is 6.00. The Kier molecular flexibility index (Phi) is 4.82. The van der Waals surface area contributed by atoms with E-state index in [1.807, 2.05) is 19.1 Å². The number of benzene rings is 2. The first-order chi connectivity index (χ1) is 10.6. The minimum Gasteiger partial charge on any atom is -0.308 e. The molecule has 22 heavy (non-hydrogen) atoms. The van der Waals surface area contributed by atoms with Crippen molar-refractivity contribution >= 4 is 17.2 Å². The van der Waals surface area contributed by atoms with Gasteiger partial charge in [-0.25, -0.2) is 5.84 Å². The lowest BCUT2D eigenvalue weighted by Gasteiger charge is -2.12. The summed E-state index contributed by atoms with van der Waals surface area (Å²) in [6, 6.07) is 10.5. The zero-order valence-corrected chi connectivity index (χ0v) is 12.3. The maximum atomic E-state index is 10.6. The molecule has 0 fully saturated rings. The molecular weight excluding hydrogens is 282 g/mol. The van der Waals surface area contributed by atoms with Gasteiger partial charge in [-0.15, -0.1) is 4.91 Å². The predicted molar refractivity (Wildman–Crippen MR) is 87.3 cm³/mol. The molecule has 0 unspecified atom stereocenters. The first-order valence-corrected chi connectivity index (χ1v) is 6.56. The molecule has 2 aromatic carbocycles. The zero-order chi connectivity index (χ0) is 16.1. The number of hydrogen-bond donors (Lipinski definition) is 4. The Morgan fingerprint density at radius 3 is 2.55 bits per heavy atom. The van der Waals surface area contributed by atoms with Crippen molar-refractivity contribution in [1.82, 2.24) is 5.43 Å². The van der Waals surface area contributed by atoms with Crippen LogP contribution >= 0.6 is 0 Å². The fourth-order valence-corrected chi connectivity index (χ4v) is 2.29. The number of aryl methyl sites for hydroxylation is 1. The second-order valence-electron chi connectivity index (χ2n) is 4.72. The Morgan fingerprint density at radius 2 is 2.00 bits per heavy atom. The fourth-order valence-electron chi connectivity index (χ4n) is 2.29. The summed E-state index contributed by atoms with van der Waals surface area (Å²) >= 11 is 0. The van der Waals surface area contributed by atoms with Crippen LogP contribution < -0.4 is 16.7 Å². The van der Waals surface area contributed by atoms with Crippen molar-refractivity contribution in [3.8, 4) is 11.1 Å². The first kappa shape index (κ1) is 15.6. The summed E-state index contributed by atoms with van der Waals surface area (Å²) < 4.78 is 0. The predicted octanol–water partition coefficient (Wildman–Crippen LogP) is 2.70. The van der Waals surface area contributed by atoms with Gasteiger partial charge in [-0.05, 0) is 59.1 Å². The van der Waals surface area contributed by atoms with Crippen LogP contribution in [0.15, 0.2) is 46.6 Å². The molecule has 0 aliphatic rings. The summed E-state index contributed by atoms with van der Waals surface area (Å²) in [5.41, 5.74) is 8.90. The summed E-state index contributed by atoms with van der Waals surface area (Å²) in [4.78, 5) is 14.6. The summed E-state index contributed by atoms with van der Waals surface area (Å²) in [6.07, 6.45) is 0. The third kappa shape index (κ3) is 3.11. The maximum Gasteiger partial charge on any atom is 0.142 e. The molecule has 0 heterocycles. The molecule has 0 saturated carbocycles. The quantitative estimate of drug-likeness (QED) is 0.228. The Hall–Kier alpha value is -2.77. The molecule has 2 rings (SSSR count). The van der Waals surface area contributed by atoms with Gasteiger partial charge in [-0.2, -0.15) is 0 Å². The third-order valence-corrected chi connectivity index (χ3v) is 3.32. The molecule has 0 radical (unpaired) electrons. The smallest absolute Gasteiger partial charge is 0.142 e. The van der Waals surface area contributed by atoms with Crippen molar-refractivity contribution in [3.05, 3.63) is 52.4 Å². The number of nitrogens with two attached hydrogens (primary N) is 1. The van der Waals surface area contributed by atoms with Gasteiger partial charge in [0, 0.05) is 12.6 Å². The van der Waals surface area contributed by atoms with E-state index in [2.05, 4.69) is 21.1 Å². The van der Waals surface area contributed by atoms with Crippen LogP contribution in [0.1, 0.15) is 11.1 Å². The molecule has 5 N–H and O–H groups in total. The van der Waals surface area contributed by atoms with E-state index in [0.717, 1.165) is 22.3 Å². The Bertz CT molecular complexity index is 728. The van der Waals surface area contributed by atoms with Crippen LogP contribution in [0.5, 0.6) is 0 Å². The second kappa shape index (κ2) is 6.79. The van der Waals surface area contributed by atoms with Gasteiger partial charge in [0.25, 0.3) is 0 Å². The van der Waals surface area contributed by atoms with E-state index >= 15 is 0 Å². The lowest BCUT2D eigenvalue weighted by atomic mass is 9.97. The number of nitrogens with zero attached hydrogens (tertiary/aromatic N) is 2. The molecule has 0 spiro atoms. The standard InChI is InChI=1S/C15H17N5O2/c1-9-5-12(19-21)3-4-14(9)10-6-11(15(17-2)18-16)8-13(7-10)20-22/h3-8,20,22H,16H2,1-2H3,(H,17,18). The van der Waals surface area contributed by atoms with Crippen molar-refractivity contribution in [3.63, 3.8) is 0 Å². The molecule has 7 heteroatoms. The van der Waals surface area contributed by atoms with Crippen LogP contribution in [0.4, 0.5) is 11.4 Å². The second-order valence-corrected chi connectivity index (χ2v) is 4.72. The van der Waals surface area contributed by atoms with Gasteiger partial charge in [0.1, 0.15) is 11.5 Å². The highest BCUT2D eigenvalue weighted by Crippen LogP contribution is 2.30. The highest BCUT2D eigenvalue weighted by Gasteiger charge is 2.09. The van der Waals surface area contributed by atoms with E-state index in [1.165, 1.54) is 0 Å². The molecule has 2 aromatic rings. The van der Waals surface area contributed by atoms with Crippen LogP contribution in [0.3, 0.4) is 0 Å². The normalized spacial score (nSPS) is 11.2. The maximum absolute atomic E-state index is 10.6. The van der Waals surface area contributed by atoms with Crippen molar-refractivity contribution in [2.24, 2.45) is 16.0 Å². The lowest BCUT2D eigenvalue weighted by Crippen LogP contribution is -2.31. The van der Waals surface area contributed by atoms with E-state index < -0.39 is 0 Å². The molecule has 0 atom stereocenters. The molecule has 7 nitrogen and oxygen atoms in total. The van der Waals surface area contributed by atoms with Crippen LogP contribution in [0.25, 0.3) is 11.1 Å². The Labute approximate surface area is 127 Å². The average Bonchev–Trinajstić information content (AvgIpc) is 2.55. The molecule has 0 aliphatic carbocycles. The number of rotatable bonds is 4. The molecule has 0 saturated heterocycles. The van der Waals surface area contributed by atoms with Gasteiger partial charge in [-0.3, -0.25) is 15.7 Å². The Morgan fingerprint density at radius 1 is 1.23 bits per heavy atom. The molecule has 0 amide bonds. The number of aliphatic imine (C=N–C) groups is 1. The SMILES string of the molecule is CN=C(NN)c1cc(NO)cc(-c2ccc(N=O)cc2C)c1. The molecule has 0 bridgehead atoms. The van der Waals surface area contributed by atoms with Crippen LogP contribution in [0.2, 0.25) is 0 Å². The molecular formula is C15H17N5O2. The average molecular weight is 299 g/mol. The van der Waals surface area contributed by atoms with Crippen LogP contribution in [-0.2, 0) is 0 Å². The first-order valence-electron chi connectivity index (χ1n) is 6.56. The topological polar surface area (TPSA) is 112 Å². The summed E-state index contributed by atoms with van der Waals surface area (Å²) in [6.45, 7) is 1.89.